The fraction of sp³-hybridized carbons (Fsp3) is 0.533. The van der Waals surface area contributed by atoms with Crippen LogP contribution in [0.5, 0.6) is 5.75 Å². The van der Waals surface area contributed by atoms with Crippen molar-refractivity contribution in [3.63, 3.8) is 0 Å². The van der Waals surface area contributed by atoms with Crippen LogP contribution in [0.1, 0.15) is 25.3 Å². The van der Waals surface area contributed by atoms with Gasteiger partial charge in [-0.3, -0.25) is 4.79 Å². The van der Waals surface area contributed by atoms with Gasteiger partial charge in [0.1, 0.15) is 5.75 Å². The number of hydrogen-bond donors (Lipinski definition) is 4. The molecule has 1 aromatic rings. The molecule has 1 saturated heterocycles. The van der Waals surface area contributed by atoms with E-state index in [-0.39, 0.29) is 23.9 Å². The summed E-state index contributed by atoms with van der Waals surface area (Å²) >= 11 is 0. The zero-order chi connectivity index (χ0) is 16.1. The third-order valence-electron chi connectivity index (χ3n) is 3.99. The van der Waals surface area contributed by atoms with E-state index in [4.69, 9.17) is 4.74 Å². The second-order valence-corrected chi connectivity index (χ2v) is 5.71. The van der Waals surface area contributed by atoms with Gasteiger partial charge in [-0.15, -0.1) is 0 Å². The van der Waals surface area contributed by atoms with E-state index >= 15 is 0 Å². The smallest absolute Gasteiger partial charge is 0.229 e. The van der Waals surface area contributed by atoms with Gasteiger partial charge in [0.25, 0.3) is 0 Å². The van der Waals surface area contributed by atoms with Crippen LogP contribution < -0.4 is 26.7 Å². The Labute approximate surface area is 131 Å². The monoisotopic (exact) mass is 307 g/mol. The lowest BCUT2D eigenvalue weighted by molar-refractivity contribution is -0.131. The molecule has 2 atom stereocenters. The molecular weight excluding hydrogens is 282 g/mol. The van der Waals surface area contributed by atoms with Crippen molar-refractivity contribution in [2.75, 3.05) is 20.7 Å². The van der Waals surface area contributed by atoms with Gasteiger partial charge in [-0.25, -0.2) is 10.9 Å². The fourth-order valence-corrected chi connectivity index (χ4v) is 2.56. The predicted molar refractivity (Wildman–Crippen MR) is 84.5 cm³/mol. The highest BCUT2D eigenvalue weighted by Crippen LogP contribution is 2.22. The van der Waals surface area contributed by atoms with E-state index in [2.05, 4.69) is 28.8 Å². The Hall–Kier alpha value is -1.67. The van der Waals surface area contributed by atoms with E-state index in [0.717, 1.165) is 11.3 Å². The first kappa shape index (κ1) is 16.7. The topological polar surface area (TPSA) is 77.7 Å². The molecule has 1 aromatic carbocycles. The first-order chi connectivity index (χ1) is 10.5. The number of methoxy groups -OCH3 is 1. The SMILES string of the molecule is COc1cccc(C(C)C(=O)N(C)CC(C)C2NNNN2)c1. The summed E-state index contributed by atoms with van der Waals surface area (Å²) < 4.78 is 5.22. The van der Waals surface area contributed by atoms with Crippen LogP contribution in [0.2, 0.25) is 0 Å². The van der Waals surface area contributed by atoms with E-state index in [1.54, 1.807) is 12.0 Å². The molecule has 7 nitrogen and oxygen atoms in total. The molecule has 2 unspecified atom stereocenters. The number of rotatable bonds is 6. The van der Waals surface area contributed by atoms with E-state index in [9.17, 15) is 4.79 Å². The van der Waals surface area contributed by atoms with Crippen LogP contribution in [0.25, 0.3) is 0 Å². The Morgan fingerprint density at radius 2 is 2.00 bits per heavy atom. The van der Waals surface area contributed by atoms with E-state index in [1.165, 1.54) is 0 Å². The van der Waals surface area contributed by atoms with E-state index < -0.39 is 0 Å². The minimum atomic E-state index is -0.201. The Morgan fingerprint density at radius 1 is 1.32 bits per heavy atom. The molecule has 1 amide bonds. The Kier molecular flexibility index (Phi) is 5.73. The van der Waals surface area contributed by atoms with Crippen molar-refractivity contribution in [2.45, 2.75) is 25.9 Å². The maximum absolute atomic E-state index is 12.6. The average Bonchev–Trinajstić information content (AvgIpc) is 3.08. The van der Waals surface area contributed by atoms with Gasteiger partial charge in [0, 0.05) is 19.5 Å². The molecule has 1 heterocycles. The van der Waals surface area contributed by atoms with Crippen LogP contribution >= 0.6 is 0 Å². The molecule has 22 heavy (non-hydrogen) atoms. The zero-order valence-electron chi connectivity index (χ0n) is 13.5. The van der Waals surface area contributed by atoms with Crippen LogP contribution in [0.15, 0.2) is 24.3 Å². The molecule has 7 heteroatoms. The van der Waals surface area contributed by atoms with Gasteiger partial charge in [-0.2, -0.15) is 11.1 Å². The number of carbonyl (C=O) groups is 1. The highest BCUT2D eigenvalue weighted by atomic mass is 16.5. The molecule has 0 bridgehead atoms. The maximum atomic E-state index is 12.6. The van der Waals surface area contributed by atoms with Gasteiger partial charge >= 0.3 is 0 Å². The van der Waals surface area contributed by atoms with Gasteiger partial charge in [-0.05, 0) is 24.6 Å². The minimum Gasteiger partial charge on any atom is -0.497 e. The first-order valence-corrected chi connectivity index (χ1v) is 7.43. The maximum Gasteiger partial charge on any atom is 0.229 e. The van der Waals surface area contributed by atoms with Crippen LogP contribution in [-0.4, -0.2) is 37.7 Å². The number of hydrazine groups is 3. The standard InChI is InChI=1S/C15H25N5O2/c1-10(14-16-18-19-17-14)9-20(3)15(21)11(2)12-6-5-7-13(8-12)22-4/h5-8,10-11,14,16-19H,9H2,1-4H3. The Bertz CT molecular complexity index is 504. The number of nitrogens with one attached hydrogen (secondary N) is 4. The Morgan fingerprint density at radius 3 is 2.64 bits per heavy atom. The molecule has 0 aromatic heterocycles. The second-order valence-electron chi connectivity index (χ2n) is 5.71. The molecule has 2 rings (SSSR count). The summed E-state index contributed by atoms with van der Waals surface area (Å²) in [6, 6.07) is 7.65. The average molecular weight is 307 g/mol. The summed E-state index contributed by atoms with van der Waals surface area (Å²) in [6.07, 6.45) is 0.0716. The number of ether oxygens (including phenoxy) is 1. The quantitative estimate of drug-likeness (QED) is 0.607. The summed E-state index contributed by atoms with van der Waals surface area (Å²) in [5, 5.41) is 0. The lowest BCUT2D eigenvalue weighted by Crippen LogP contribution is -2.45. The van der Waals surface area contributed by atoms with Crippen molar-refractivity contribution in [3.05, 3.63) is 29.8 Å². The summed E-state index contributed by atoms with van der Waals surface area (Å²) in [5.74, 6) is 0.908. The van der Waals surface area contributed by atoms with E-state index in [1.807, 2.05) is 38.2 Å². The third kappa shape index (κ3) is 3.95. The van der Waals surface area contributed by atoms with Crippen molar-refractivity contribution < 1.29 is 9.53 Å². The van der Waals surface area contributed by atoms with Crippen LogP contribution in [0, 0.1) is 5.92 Å². The number of nitrogens with zero attached hydrogens (tertiary/aromatic N) is 1. The fourth-order valence-electron chi connectivity index (χ4n) is 2.56. The van der Waals surface area contributed by atoms with Crippen molar-refractivity contribution in [3.8, 4) is 5.75 Å². The van der Waals surface area contributed by atoms with Gasteiger partial charge in [0.15, 0.2) is 0 Å². The van der Waals surface area contributed by atoms with Crippen LogP contribution in [-0.2, 0) is 4.79 Å². The molecular formula is C15H25N5O2. The summed E-state index contributed by atoms with van der Waals surface area (Å²) in [6.45, 7) is 4.66. The lowest BCUT2D eigenvalue weighted by Gasteiger charge is -2.27. The van der Waals surface area contributed by atoms with E-state index in [0.29, 0.717) is 6.54 Å². The number of amides is 1. The highest BCUT2D eigenvalue weighted by molar-refractivity contribution is 5.83. The molecule has 1 fully saturated rings. The van der Waals surface area contributed by atoms with Crippen molar-refractivity contribution in [2.24, 2.45) is 5.92 Å². The van der Waals surface area contributed by atoms with Crippen LogP contribution in [0.3, 0.4) is 0 Å². The molecule has 0 spiro atoms. The number of likely N-dealkylation sites (N-methyl/N-ethyl adjacent to an activating group) is 1. The third-order valence-corrected chi connectivity index (χ3v) is 3.99. The van der Waals surface area contributed by atoms with Gasteiger partial charge in [0.05, 0.1) is 19.2 Å². The number of hydrogen-bond acceptors (Lipinski definition) is 6. The summed E-state index contributed by atoms with van der Waals surface area (Å²) in [5.41, 5.74) is 12.6. The molecule has 0 radical (unpaired) electrons. The second kappa shape index (κ2) is 7.55. The molecule has 122 valence electrons. The normalized spacial score (nSPS) is 18.0. The van der Waals surface area contributed by atoms with Crippen molar-refractivity contribution in [1.82, 2.24) is 26.8 Å². The largest absolute Gasteiger partial charge is 0.497 e. The summed E-state index contributed by atoms with van der Waals surface area (Å²) in [7, 11) is 3.47. The molecule has 0 aliphatic carbocycles. The van der Waals surface area contributed by atoms with Crippen molar-refractivity contribution >= 4 is 5.91 Å². The number of carbonyl (C=O) groups excluding carboxylic acids is 1. The van der Waals surface area contributed by atoms with Crippen molar-refractivity contribution in [1.29, 1.82) is 0 Å². The zero-order valence-corrected chi connectivity index (χ0v) is 13.5. The Balaban J connectivity index is 1.96. The highest BCUT2D eigenvalue weighted by Gasteiger charge is 2.25. The molecule has 4 N–H and O–H groups in total. The predicted octanol–water partition coefficient (Wildman–Crippen LogP) is 0.336. The minimum absolute atomic E-state index is 0.0716. The molecule has 1 aliphatic heterocycles. The number of benzene rings is 1. The molecule has 0 saturated carbocycles. The van der Waals surface area contributed by atoms with Crippen LogP contribution in [0.4, 0.5) is 0 Å². The first-order valence-electron chi connectivity index (χ1n) is 7.43. The molecule has 1 aliphatic rings. The lowest BCUT2D eigenvalue weighted by atomic mass is 9.99. The summed E-state index contributed by atoms with van der Waals surface area (Å²) in [4.78, 5) is 14.4. The van der Waals surface area contributed by atoms with Gasteiger partial charge in [-0.1, -0.05) is 19.1 Å². The van der Waals surface area contributed by atoms with Gasteiger partial charge < -0.3 is 9.64 Å². The van der Waals surface area contributed by atoms with Gasteiger partial charge in [0.2, 0.25) is 5.91 Å².